The largest absolute Gasteiger partial charge is 0.493 e. The van der Waals surface area contributed by atoms with Gasteiger partial charge >= 0.3 is 0 Å². The summed E-state index contributed by atoms with van der Waals surface area (Å²) < 4.78 is 5.56. The van der Waals surface area contributed by atoms with Crippen molar-refractivity contribution in [2.24, 2.45) is 0 Å². The van der Waals surface area contributed by atoms with Gasteiger partial charge in [0.05, 0.1) is 18.1 Å². The van der Waals surface area contributed by atoms with Crippen LogP contribution in [0.15, 0.2) is 41.3 Å². The number of thioether (sulfide) groups is 1. The number of imide groups is 1. The van der Waals surface area contributed by atoms with Crippen LogP contribution in [0.2, 0.25) is 15.1 Å². The highest BCUT2D eigenvalue weighted by atomic mass is 35.5. The molecular weight excluding hydrogens is 429 g/mol. The normalized spacial score (nSPS) is 15.7. The zero-order valence-corrected chi connectivity index (χ0v) is 17.3. The van der Waals surface area contributed by atoms with Crippen LogP contribution in [0.25, 0.3) is 6.08 Å². The maximum Gasteiger partial charge on any atom is 0.293 e. The average Bonchev–Trinajstić information content (AvgIpc) is 2.88. The molecule has 2 aromatic rings. The number of rotatable bonds is 5. The van der Waals surface area contributed by atoms with E-state index in [1.54, 1.807) is 42.5 Å². The summed E-state index contributed by atoms with van der Waals surface area (Å²) in [5.41, 5.74) is 1.16. The van der Waals surface area contributed by atoms with Gasteiger partial charge in [-0.25, -0.2) is 0 Å². The molecule has 1 aliphatic heterocycles. The number of hydrogen-bond donors (Lipinski definition) is 0. The molecule has 0 spiro atoms. The molecule has 0 atom stereocenters. The molecule has 4 nitrogen and oxygen atoms in total. The summed E-state index contributed by atoms with van der Waals surface area (Å²) in [5, 5.41) is 0.923. The Morgan fingerprint density at radius 1 is 1.11 bits per heavy atom. The monoisotopic (exact) mass is 441 g/mol. The molecule has 1 saturated heterocycles. The van der Waals surface area contributed by atoms with E-state index in [1.807, 2.05) is 6.92 Å². The number of amides is 2. The number of halogens is 3. The zero-order chi connectivity index (χ0) is 19.6. The second-order valence-corrected chi connectivity index (χ2v) is 7.83. The third-order valence-electron chi connectivity index (χ3n) is 3.81. The van der Waals surface area contributed by atoms with Gasteiger partial charge in [0, 0.05) is 26.2 Å². The van der Waals surface area contributed by atoms with E-state index < -0.39 is 5.91 Å². The van der Waals surface area contributed by atoms with Gasteiger partial charge in [-0.1, -0.05) is 40.9 Å². The van der Waals surface area contributed by atoms with Gasteiger partial charge in [0.1, 0.15) is 5.75 Å². The van der Waals surface area contributed by atoms with Gasteiger partial charge in [-0.05, 0) is 55.1 Å². The molecule has 0 N–H and O–H groups in total. The summed E-state index contributed by atoms with van der Waals surface area (Å²) in [6.07, 6.45) is 1.61. The standard InChI is InChI=1S/C19H14Cl3NO3S/c1-2-26-16-7-6-12(20)8-11(16)9-17-18(24)23(19(25)27-17)10-13-14(21)4-3-5-15(13)22/h3-9H,2,10H2,1H3/b17-9-. The molecule has 140 valence electrons. The molecule has 3 rings (SSSR count). The minimum atomic E-state index is -0.414. The number of hydrogen-bond acceptors (Lipinski definition) is 4. The van der Waals surface area contributed by atoms with Crippen LogP contribution in [0.1, 0.15) is 18.1 Å². The number of benzene rings is 2. The minimum Gasteiger partial charge on any atom is -0.493 e. The van der Waals surface area contributed by atoms with E-state index in [0.717, 1.165) is 16.7 Å². The Bertz CT molecular complexity index is 926. The third kappa shape index (κ3) is 4.43. The van der Waals surface area contributed by atoms with Gasteiger partial charge in [0.15, 0.2) is 0 Å². The summed E-state index contributed by atoms with van der Waals surface area (Å²) >= 11 is 19.2. The Balaban J connectivity index is 1.90. The van der Waals surface area contributed by atoms with Crippen molar-refractivity contribution in [3.8, 4) is 5.75 Å². The fraction of sp³-hybridized carbons (Fsp3) is 0.158. The fourth-order valence-corrected chi connectivity index (χ4v) is 4.06. The van der Waals surface area contributed by atoms with E-state index in [-0.39, 0.29) is 16.7 Å². The van der Waals surface area contributed by atoms with Gasteiger partial charge in [-0.3, -0.25) is 14.5 Å². The topological polar surface area (TPSA) is 46.6 Å². The number of carbonyl (C=O) groups excluding carboxylic acids is 2. The first-order valence-electron chi connectivity index (χ1n) is 8.01. The molecule has 0 aromatic heterocycles. The average molecular weight is 443 g/mol. The van der Waals surface area contributed by atoms with Crippen molar-refractivity contribution >= 4 is 63.8 Å². The van der Waals surface area contributed by atoms with Crippen LogP contribution >= 0.6 is 46.6 Å². The van der Waals surface area contributed by atoms with Crippen LogP contribution < -0.4 is 4.74 Å². The molecule has 0 saturated carbocycles. The number of nitrogens with zero attached hydrogens (tertiary/aromatic N) is 1. The van der Waals surface area contributed by atoms with Gasteiger partial charge in [-0.15, -0.1) is 0 Å². The maximum absolute atomic E-state index is 12.8. The molecule has 27 heavy (non-hydrogen) atoms. The van der Waals surface area contributed by atoms with Gasteiger partial charge in [-0.2, -0.15) is 0 Å². The van der Waals surface area contributed by atoms with Gasteiger partial charge in [0.25, 0.3) is 11.1 Å². The summed E-state index contributed by atoms with van der Waals surface area (Å²) in [6, 6.07) is 10.2. The van der Waals surface area contributed by atoms with Crippen LogP contribution in [-0.2, 0) is 11.3 Å². The van der Waals surface area contributed by atoms with Crippen molar-refractivity contribution < 1.29 is 14.3 Å². The second kappa shape index (κ2) is 8.57. The van der Waals surface area contributed by atoms with Crippen LogP contribution in [0.3, 0.4) is 0 Å². The summed E-state index contributed by atoms with van der Waals surface area (Å²) in [7, 11) is 0. The zero-order valence-electron chi connectivity index (χ0n) is 14.2. The van der Waals surface area contributed by atoms with Crippen LogP contribution in [0, 0.1) is 0 Å². The molecule has 8 heteroatoms. The van der Waals surface area contributed by atoms with Gasteiger partial charge in [0.2, 0.25) is 0 Å². The molecule has 2 aromatic carbocycles. The highest BCUT2D eigenvalue weighted by Gasteiger charge is 2.36. The van der Waals surface area contributed by atoms with Crippen LogP contribution in [-0.4, -0.2) is 22.7 Å². The van der Waals surface area contributed by atoms with E-state index in [9.17, 15) is 9.59 Å². The van der Waals surface area contributed by atoms with Gasteiger partial charge < -0.3 is 4.74 Å². The Morgan fingerprint density at radius 2 is 1.81 bits per heavy atom. The predicted octanol–water partition coefficient (Wildman–Crippen LogP) is 6.28. The highest BCUT2D eigenvalue weighted by Crippen LogP contribution is 2.37. The quantitative estimate of drug-likeness (QED) is 0.511. The first-order valence-corrected chi connectivity index (χ1v) is 9.96. The first kappa shape index (κ1) is 20.1. The van der Waals surface area contributed by atoms with Crippen LogP contribution in [0.4, 0.5) is 4.79 Å². The SMILES string of the molecule is CCOc1ccc(Cl)cc1/C=C1\SC(=O)N(Cc2c(Cl)cccc2Cl)C1=O. The highest BCUT2D eigenvalue weighted by molar-refractivity contribution is 8.18. The first-order chi connectivity index (χ1) is 12.9. The number of carbonyl (C=O) groups is 2. The molecule has 1 fully saturated rings. The Hall–Kier alpha value is -1.66. The number of ether oxygens (including phenoxy) is 1. The van der Waals surface area contributed by atoms with Crippen molar-refractivity contribution in [1.82, 2.24) is 4.90 Å². The maximum atomic E-state index is 12.8. The molecule has 1 heterocycles. The molecule has 0 unspecified atom stereocenters. The summed E-state index contributed by atoms with van der Waals surface area (Å²) in [5.74, 6) is 0.172. The lowest BCUT2D eigenvalue weighted by atomic mass is 10.1. The fourth-order valence-electron chi connectivity index (χ4n) is 2.54. The summed E-state index contributed by atoms with van der Waals surface area (Å²) in [4.78, 5) is 26.5. The minimum absolute atomic E-state index is 0.00831. The molecular formula is C19H14Cl3NO3S. The lowest BCUT2D eigenvalue weighted by Crippen LogP contribution is -2.27. The Morgan fingerprint density at radius 3 is 2.48 bits per heavy atom. The molecule has 0 bridgehead atoms. The third-order valence-corrected chi connectivity index (χ3v) is 5.66. The second-order valence-electron chi connectivity index (χ2n) is 5.58. The molecule has 1 aliphatic rings. The van der Waals surface area contributed by atoms with Crippen molar-refractivity contribution in [2.75, 3.05) is 6.61 Å². The van der Waals surface area contributed by atoms with E-state index in [1.165, 1.54) is 0 Å². The molecule has 2 amide bonds. The lowest BCUT2D eigenvalue weighted by Gasteiger charge is -2.14. The smallest absolute Gasteiger partial charge is 0.293 e. The Labute approximate surface area is 176 Å². The van der Waals surface area contributed by atoms with E-state index >= 15 is 0 Å². The van der Waals surface area contributed by atoms with Crippen LogP contribution in [0.5, 0.6) is 5.75 Å². The lowest BCUT2D eigenvalue weighted by molar-refractivity contribution is -0.123. The summed E-state index contributed by atoms with van der Waals surface area (Å²) in [6.45, 7) is 2.34. The van der Waals surface area contributed by atoms with Crippen molar-refractivity contribution in [3.63, 3.8) is 0 Å². The van der Waals surface area contributed by atoms with E-state index in [2.05, 4.69) is 0 Å². The van der Waals surface area contributed by atoms with Crippen molar-refractivity contribution in [3.05, 3.63) is 67.5 Å². The van der Waals surface area contributed by atoms with Crippen molar-refractivity contribution in [1.29, 1.82) is 0 Å². The van der Waals surface area contributed by atoms with E-state index in [4.69, 9.17) is 39.5 Å². The predicted molar refractivity (Wildman–Crippen MR) is 111 cm³/mol. The molecule has 0 aliphatic carbocycles. The molecule has 0 radical (unpaired) electrons. The van der Waals surface area contributed by atoms with Crippen molar-refractivity contribution in [2.45, 2.75) is 13.5 Å². The Kier molecular flexibility index (Phi) is 6.37. The van der Waals surface area contributed by atoms with E-state index in [0.29, 0.717) is 38.6 Å².